The first kappa shape index (κ1) is 22.0. The van der Waals surface area contributed by atoms with Crippen molar-refractivity contribution in [1.82, 2.24) is 25.0 Å². The van der Waals surface area contributed by atoms with Gasteiger partial charge in [0.25, 0.3) is 5.89 Å². The van der Waals surface area contributed by atoms with Crippen LogP contribution >= 0.6 is 0 Å². The van der Waals surface area contributed by atoms with Crippen LogP contribution in [0, 0.1) is 11.3 Å². The Kier molecular flexibility index (Phi) is 5.37. The molecule has 0 saturated carbocycles. The maximum absolute atomic E-state index is 13.5. The van der Waals surface area contributed by atoms with Gasteiger partial charge >= 0.3 is 6.18 Å². The molecule has 2 heterocycles. The highest BCUT2D eigenvalue weighted by Crippen LogP contribution is 2.38. The normalized spacial score (nSPS) is 11.9. The molecule has 0 aliphatic carbocycles. The molecule has 0 amide bonds. The molecule has 0 saturated heterocycles. The van der Waals surface area contributed by atoms with Crippen molar-refractivity contribution in [3.8, 4) is 34.7 Å². The van der Waals surface area contributed by atoms with Crippen LogP contribution in [0.3, 0.4) is 0 Å². The lowest BCUT2D eigenvalue weighted by Gasteiger charge is -2.26. The molecule has 0 fully saturated rings. The lowest BCUT2D eigenvalue weighted by molar-refractivity contribution is -0.137. The van der Waals surface area contributed by atoms with Crippen molar-refractivity contribution in [3.05, 3.63) is 65.8 Å². The second-order valence-corrected chi connectivity index (χ2v) is 7.63. The van der Waals surface area contributed by atoms with Gasteiger partial charge in [0.2, 0.25) is 6.39 Å². The second-order valence-electron chi connectivity index (χ2n) is 7.63. The Morgan fingerprint density at radius 3 is 2.45 bits per heavy atom. The van der Waals surface area contributed by atoms with Crippen LogP contribution in [0.4, 0.5) is 13.2 Å². The van der Waals surface area contributed by atoms with Gasteiger partial charge in [0.05, 0.1) is 22.8 Å². The molecule has 0 N–H and O–H groups in total. The van der Waals surface area contributed by atoms with E-state index in [9.17, 15) is 18.4 Å². The molecule has 2 aromatic heterocycles. The number of rotatable bonds is 5. The molecule has 0 aliphatic rings. The van der Waals surface area contributed by atoms with Crippen LogP contribution in [0.25, 0.3) is 22.8 Å². The number of nitrogens with zero attached hydrogens (tertiary/aromatic N) is 6. The molecule has 4 aromatic rings. The van der Waals surface area contributed by atoms with Crippen LogP contribution < -0.4 is 4.74 Å². The van der Waals surface area contributed by atoms with Crippen molar-refractivity contribution in [2.75, 3.05) is 0 Å². The van der Waals surface area contributed by atoms with E-state index in [1.807, 2.05) is 6.07 Å². The summed E-state index contributed by atoms with van der Waals surface area (Å²) < 4.78 is 53.4. The molecule has 0 aliphatic heterocycles. The molecular weight excluding hydrogens is 437 g/mol. The summed E-state index contributed by atoms with van der Waals surface area (Å²) in [6, 6.07) is 11.9. The topological polar surface area (TPSA) is 103 Å². The van der Waals surface area contributed by atoms with Crippen molar-refractivity contribution in [2.24, 2.45) is 7.05 Å². The van der Waals surface area contributed by atoms with Gasteiger partial charge in [0, 0.05) is 12.6 Å². The zero-order chi connectivity index (χ0) is 23.8. The smallest absolute Gasteiger partial charge is 0.417 e. The number of nitriles is 1. The fourth-order valence-electron chi connectivity index (χ4n) is 3.48. The summed E-state index contributed by atoms with van der Waals surface area (Å²) in [5, 5.41) is 24.9. The average molecular weight is 454 g/mol. The maximum atomic E-state index is 13.5. The minimum atomic E-state index is -4.55. The summed E-state index contributed by atoms with van der Waals surface area (Å²) >= 11 is 0. The summed E-state index contributed by atoms with van der Waals surface area (Å²) in [7, 11) is 1.57. The van der Waals surface area contributed by atoms with Crippen LogP contribution in [0.5, 0.6) is 5.75 Å². The zero-order valence-electron chi connectivity index (χ0n) is 17.8. The summed E-state index contributed by atoms with van der Waals surface area (Å²) in [5.74, 6) is 0.807. The van der Waals surface area contributed by atoms with Crippen molar-refractivity contribution in [2.45, 2.75) is 25.6 Å². The van der Waals surface area contributed by atoms with Gasteiger partial charge in [-0.2, -0.15) is 18.4 Å². The molecule has 0 bridgehead atoms. The van der Waals surface area contributed by atoms with Crippen molar-refractivity contribution in [1.29, 1.82) is 5.26 Å². The van der Waals surface area contributed by atoms with Gasteiger partial charge in [-0.15, -0.1) is 20.4 Å². The lowest BCUT2D eigenvalue weighted by atomic mass is 10.1. The highest BCUT2D eigenvalue weighted by Gasteiger charge is 2.36. The van der Waals surface area contributed by atoms with Gasteiger partial charge in [-0.25, -0.2) is 0 Å². The third kappa shape index (κ3) is 4.15. The van der Waals surface area contributed by atoms with Gasteiger partial charge in [0.15, 0.2) is 17.2 Å². The largest absolute Gasteiger partial charge is 0.479 e. The van der Waals surface area contributed by atoms with Crippen molar-refractivity contribution >= 4 is 0 Å². The van der Waals surface area contributed by atoms with Crippen LogP contribution in [-0.4, -0.2) is 25.0 Å². The molecule has 11 heteroatoms. The number of ether oxygens (including phenoxy) is 1. The molecule has 0 atom stereocenters. The van der Waals surface area contributed by atoms with Gasteiger partial charge in [-0.3, -0.25) is 0 Å². The van der Waals surface area contributed by atoms with E-state index >= 15 is 0 Å². The molecule has 0 spiro atoms. The first-order valence-electron chi connectivity index (χ1n) is 9.68. The number of hydrogen-bond donors (Lipinski definition) is 0. The lowest BCUT2D eigenvalue weighted by Crippen LogP contribution is -2.29. The Morgan fingerprint density at radius 1 is 1.03 bits per heavy atom. The molecule has 33 heavy (non-hydrogen) atoms. The standard InChI is InChI=1S/C22H17F3N6O2/c1-21(2,33-17-9-8-13(11-26)10-15(17)19-29-27-12-32-19)20-30-28-18(31(20)3)14-6-4-5-7-16(14)22(23,24)25/h4-10,12H,1-3H3. The van der Waals surface area contributed by atoms with Gasteiger partial charge in [-0.05, 0) is 38.1 Å². The summed E-state index contributed by atoms with van der Waals surface area (Å²) in [5.41, 5.74) is -1.28. The Morgan fingerprint density at radius 2 is 1.79 bits per heavy atom. The van der Waals surface area contributed by atoms with E-state index in [0.29, 0.717) is 16.9 Å². The Bertz CT molecular complexity index is 1340. The van der Waals surface area contributed by atoms with Crippen molar-refractivity contribution in [3.63, 3.8) is 0 Å². The Hall–Kier alpha value is -4.20. The van der Waals surface area contributed by atoms with E-state index in [4.69, 9.17) is 9.15 Å². The summed E-state index contributed by atoms with van der Waals surface area (Å²) in [6.45, 7) is 3.40. The minimum absolute atomic E-state index is 0.0477. The summed E-state index contributed by atoms with van der Waals surface area (Å²) in [4.78, 5) is 0. The van der Waals surface area contributed by atoms with Crippen LogP contribution in [0.2, 0.25) is 0 Å². The highest BCUT2D eigenvalue weighted by atomic mass is 19.4. The van der Waals surface area contributed by atoms with Crippen LogP contribution in [0.1, 0.15) is 30.8 Å². The van der Waals surface area contributed by atoms with Gasteiger partial charge in [0.1, 0.15) is 5.75 Å². The fourth-order valence-corrected chi connectivity index (χ4v) is 3.48. The van der Waals surface area contributed by atoms with E-state index in [1.54, 1.807) is 39.1 Å². The average Bonchev–Trinajstić information content (AvgIpc) is 3.43. The first-order valence-corrected chi connectivity index (χ1v) is 9.68. The Labute approximate surface area is 186 Å². The third-order valence-electron chi connectivity index (χ3n) is 4.95. The highest BCUT2D eigenvalue weighted by molar-refractivity contribution is 5.65. The van der Waals surface area contributed by atoms with Crippen LogP contribution in [0.15, 0.2) is 53.3 Å². The number of aromatic nitrogens is 5. The van der Waals surface area contributed by atoms with Crippen molar-refractivity contribution < 1.29 is 22.3 Å². The number of halogens is 3. The van der Waals surface area contributed by atoms with E-state index in [0.717, 1.165) is 12.5 Å². The molecule has 0 radical (unpaired) electrons. The zero-order valence-corrected chi connectivity index (χ0v) is 17.8. The predicted octanol–water partition coefficient (Wildman–Crippen LogP) is 4.74. The first-order chi connectivity index (χ1) is 15.6. The SMILES string of the molecule is Cn1c(-c2ccccc2C(F)(F)F)nnc1C(C)(C)Oc1ccc(C#N)cc1-c1nnco1. The predicted molar refractivity (Wildman–Crippen MR) is 110 cm³/mol. The maximum Gasteiger partial charge on any atom is 0.417 e. The molecule has 0 unspecified atom stereocenters. The second kappa shape index (κ2) is 8.05. The van der Waals surface area contributed by atoms with E-state index in [2.05, 4.69) is 20.4 Å². The van der Waals surface area contributed by atoms with Crippen LogP contribution in [-0.2, 0) is 18.8 Å². The quantitative estimate of drug-likeness (QED) is 0.429. The van der Waals surface area contributed by atoms with Gasteiger partial charge < -0.3 is 13.7 Å². The number of hydrogen-bond acceptors (Lipinski definition) is 7. The number of benzene rings is 2. The fraction of sp³-hybridized carbons (Fsp3) is 0.227. The molecule has 4 rings (SSSR count). The van der Waals surface area contributed by atoms with E-state index < -0.39 is 17.3 Å². The third-order valence-corrected chi connectivity index (χ3v) is 4.95. The van der Waals surface area contributed by atoms with Gasteiger partial charge in [-0.1, -0.05) is 18.2 Å². The number of alkyl halides is 3. The molecule has 168 valence electrons. The minimum Gasteiger partial charge on any atom is -0.479 e. The Balaban J connectivity index is 1.75. The van der Waals surface area contributed by atoms with E-state index in [1.165, 1.54) is 22.8 Å². The molecule has 2 aromatic carbocycles. The van der Waals surface area contributed by atoms with E-state index in [-0.39, 0.29) is 23.1 Å². The monoisotopic (exact) mass is 454 g/mol. The molecular formula is C22H17F3N6O2. The molecule has 8 nitrogen and oxygen atoms in total. The summed E-state index contributed by atoms with van der Waals surface area (Å²) in [6.07, 6.45) is -3.40.